The maximum absolute atomic E-state index is 3.57. The van der Waals surface area contributed by atoms with Crippen LogP contribution in [0.15, 0.2) is 33.4 Å². The smallest absolute Gasteiger partial charge is 0.263 e. The zero-order valence-corrected chi connectivity index (χ0v) is 19.9. The van der Waals surface area contributed by atoms with E-state index in [1.807, 2.05) is 0 Å². The van der Waals surface area contributed by atoms with Gasteiger partial charge in [-0.05, 0) is 0 Å². The quantitative estimate of drug-likeness (QED) is 0.366. The Morgan fingerprint density at radius 2 is 0.920 bits per heavy atom. The third-order valence-electron chi connectivity index (χ3n) is 5.83. The Labute approximate surface area is 174 Å². The van der Waals surface area contributed by atoms with E-state index in [0.717, 1.165) is 0 Å². The van der Waals surface area contributed by atoms with E-state index in [9.17, 15) is 0 Å². The summed E-state index contributed by atoms with van der Waals surface area (Å²) < 4.78 is 0. The second kappa shape index (κ2) is 9.60. The Morgan fingerprint density at radius 3 is 1.08 bits per heavy atom. The number of rotatable bonds is 4. The molecule has 0 aromatic rings. The molecule has 0 amide bonds. The monoisotopic (exact) mass is 350 g/mol. The molecule has 0 spiro atoms. The van der Waals surface area contributed by atoms with E-state index in [0.29, 0.717) is 0 Å². The fraction of sp³-hybridized carbons (Fsp3) is 0.667. The minimum Gasteiger partial charge on any atom is -0.263 e. The van der Waals surface area contributed by atoms with Gasteiger partial charge in [-0.25, -0.2) is 11.1 Å². The van der Waals surface area contributed by atoms with Crippen LogP contribution in [0.5, 0.6) is 0 Å². The van der Waals surface area contributed by atoms with Gasteiger partial charge in [-0.1, -0.05) is 91.9 Å². The summed E-state index contributed by atoms with van der Waals surface area (Å²) in [6.45, 7) is 22.3. The third kappa shape index (κ3) is 5.86. The van der Waals surface area contributed by atoms with Crippen molar-refractivity contribution in [2.45, 2.75) is 94.9 Å². The van der Waals surface area contributed by atoms with E-state index < -0.39 is 0 Å². The SMILES string of the molecule is CCCC1=[C-]C(C)(C)C(C)=C1C.CCCC1=[C-]C(C)(C)C(C)=C1C.[Mg+2]. The van der Waals surface area contributed by atoms with E-state index in [4.69, 9.17) is 0 Å². The summed E-state index contributed by atoms with van der Waals surface area (Å²) in [5.74, 6) is 0. The fourth-order valence-electron chi connectivity index (χ4n) is 3.52. The van der Waals surface area contributed by atoms with Gasteiger partial charge in [0.25, 0.3) is 0 Å². The molecular weight excluding hydrogens is 313 g/mol. The van der Waals surface area contributed by atoms with Crippen LogP contribution in [0.3, 0.4) is 0 Å². The fourth-order valence-corrected chi connectivity index (χ4v) is 3.52. The molecule has 0 aromatic carbocycles. The van der Waals surface area contributed by atoms with Gasteiger partial charge in [0.05, 0.1) is 0 Å². The van der Waals surface area contributed by atoms with E-state index in [-0.39, 0.29) is 33.9 Å². The van der Waals surface area contributed by atoms with Crippen molar-refractivity contribution >= 4 is 23.1 Å². The van der Waals surface area contributed by atoms with Crippen LogP contribution < -0.4 is 0 Å². The molecule has 0 bridgehead atoms. The van der Waals surface area contributed by atoms with E-state index >= 15 is 0 Å². The first-order chi connectivity index (χ1) is 11.0. The zero-order valence-electron chi connectivity index (χ0n) is 18.5. The third-order valence-corrected chi connectivity index (χ3v) is 5.83. The van der Waals surface area contributed by atoms with Crippen molar-refractivity contribution in [1.29, 1.82) is 0 Å². The Balaban J connectivity index is 0.000000443. The molecule has 1 heteroatoms. The molecule has 2 rings (SSSR count). The number of allylic oxidation sites excluding steroid dienone is 8. The molecule has 0 radical (unpaired) electrons. The summed E-state index contributed by atoms with van der Waals surface area (Å²) in [6, 6.07) is 0. The van der Waals surface area contributed by atoms with Gasteiger partial charge in [0.1, 0.15) is 0 Å². The second-order valence-electron chi connectivity index (χ2n) is 8.46. The van der Waals surface area contributed by atoms with Crippen molar-refractivity contribution in [3.8, 4) is 0 Å². The molecule has 0 fully saturated rings. The van der Waals surface area contributed by atoms with E-state index in [1.54, 1.807) is 0 Å². The van der Waals surface area contributed by atoms with Crippen molar-refractivity contribution in [2.24, 2.45) is 10.8 Å². The van der Waals surface area contributed by atoms with Gasteiger partial charge in [-0.3, -0.25) is 12.2 Å². The molecule has 0 saturated heterocycles. The van der Waals surface area contributed by atoms with Crippen molar-refractivity contribution in [2.75, 3.05) is 0 Å². The van der Waals surface area contributed by atoms with Gasteiger partial charge in [0.15, 0.2) is 0 Å². The molecule has 0 nitrogen and oxygen atoms in total. The first-order valence-electron chi connectivity index (χ1n) is 9.62. The topological polar surface area (TPSA) is 0 Å². The van der Waals surface area contributed by atoms with Crippen molar-refractivity contribution in [3.63, 3.8) is 0 Å². The maximum atomic E-state index is 3.57. The molecule has 2 aliphatic rings. The standard InChI is InChI=1S/2C12H19.Mg/c2*1-6-7-11-8-12(4,5)10(3)9(11)2;/h2*6-7H2,1-5H3;/q2*-1;+2. The van der Waals surface area contributed by atoms with Crippen LogP contribution in [0.1, 0.15) is 94.9 Å². The molecular formula is C24H38Mg. The second-order valence-corrected chi connectivity index (χ2v) is 8.46. The van der Waals surface area contributed by atoms with Crippen LogP contribution in [0.25, 0.3) is 0 Å². The van der Waals surface area contributed by atoms with Gasteiger partial charge in [0.2, 0.25) is 0 Å². The van der Waals surface area contributed by atoms with Crippen LogP contribution in [0.2, 0.25) is 0 Å². The van der Waals surface area contributed by atoms with Crippen molar-refractivity contribution in [1.82, 2.24) is 0 Å². The first-order valence-corrected chi connectivity index (χ1v) is 9.62. The predicted molar refractivity (Wildman–Crippen MR) is 113 cm³/mol. The van der Waals surface area contributed by atoms with Gasteiger partial charge in [-0.2, -0.15) is 22.3 Å². The molecule has 0 unspecified atom stereocenters. The normalized spacial score (nSPS) is 20.7. The molecule has 25 heavy (non-hydrogen) atoms. The average Bonchev–Trinajstić information content (AvgIpc) is 2.80. The average molecular weight is 351 g/mol. The minimum absolute atomic E-state index is 0. The molecule has 0 N–H and O–H groups in total. The van der Waals surface area contributed by atoms with Crippen LogP contribution >= 0.6 is 0 Å². The first kappa shape index (κ1) is 24.7. The Morgan fingerprint density at radius 1 is 0.640 bits per heavy atom. The van der Waals surface area contributed by atoms with Crippen molar-refractivity contribution in [3.05, 3.63) is 45.6 Å². The molecule has 2 aliphatic carbocycles. The Kier molecular flexibility index (Phi) is 9.50. The largest absolute Gasteiger partial charge is 2.00 e. The number of hydrogen-bond donors (Lipinski definition) is 0. The molecule has 0 atom stereocenters. The van der Waals surface area contributed by atoms with Gasteiger partial charge < -0.3 is 0 Å². The zero-order chi connectivity index (χ0) is 18.7. The molecule has 136 valence electrons. The summed E-state index contributed by atoms with van der Waals surface area (Å²) in [4.78, 5) is 0. The van der Waals surface area contributed by atoms with E-state index in [1.165, 1.54) is 59.1 Å². The van der Waals surface area contributed by atoms with Crippen molar-refractivity contribution < 1.29 is 0 Å². The summed E-state index contributed by atoms with van der Waals surface area (Å²) >= 11 is 0. The Bertz CT molecular complexity index is 538. The van der Waals surface area contributed by atoms with Crippen LogP contribution in [-0.4, -0.2) is 23.1 Å². The summed E-state index contributed by atoms with van der Waals surface area (Å²) in [5, 5.41) is 0. The molecule has 0 heterocycles. The van der Waals surface area contributed by atoms with Crippen LogP contribution in [-0.2, 0) is 0 Å². The van der Waals surface area contributed by atoms with Crippen LogP contribution in [0.4, 0.5) is 0 Å². The van der Waals surface area contributed by atoms with Gasteiger partial charge >= 0.3 is 23.1 Å². The predicted octanol–water partition coefficient (Wildman–Crippen LogP) is 7.40. The minimum atomic E-state index is 0. The van der Waals surface area contributed by atoms with Gasteiger partial charge in [-0.15, -0.1) is 13.8 Å². The molecule has 0 saturated carbocycles. The van der Waals surface area contributed by atoms with Crippen LogP contribution in [0, 0.1) is 23.0 Å². The molecule has 0 aliphatic heterocycles. The summed E-state index contributed by atoms with van der Waals surface area (Å²) in [5.41, 5.74) is 9.20. The number of hydrogen-bond acceptors (Lipinski definition) is 0. The molecule has 0 aromatic heterocycles. The Hall–Kier alpha value is -0.274. The summed E-state index contributed by atoms with van der Waals surface area (Å²) in [6.07, 6.45) is 12.0. The summed E-state index contributed by atoms with van der Waals surface area (Å²) in [7, 11) is 0. The maximum Gasteiger partial charge on any atom is 2.00 e. The van der Waals surface area contributed by atoms with Gasteiger partial charge in [0, 0.05) is 0 Å². The van der Waals surface area contributed by atoms with E-state index in [2.05, 4.69) is 81.4 Å².